The molecule has 0 aliphatic carbocycles. The zero-order valence-electron chi connectivity index (χ0n) is 16.3. The van der Waals surface area contributed by atoms with Crippen molar-refractivity contribution in [1.29, 1.82) is 0 Å². The Bertz CT molecular complexity index is 1010. The Balaban J connectivity index is 2.25. The third-order valence-corrected chi connectivity index (χ3v) is 4.31. The average molecular weight is 480 g/mol. The molecule has 0 bridgehead atoms. The number of methoxy groups -OCH3 is 1. The Kier molecular flexibility index (Phi) is 7.87. The van der Waals surface area contributed by atoms with Gasteiger partial charge in [0.25, 0.3) is 0 Å². The number of halogens is 2. The largest absolute Gasteiger partial charge is 0.496 e. The van der Waals surface area contributed by atoms with Crippen molar-refractivity contribution in [3.8, 4) is 5.75 Å². The van der Waals surface area contributed by atoms with Crippen molar-refractivity contribution in [3.63, 3.8) is 0 Å². The van der Waals surface area contributed by atoms with Crippen LogP contribution in [0.15, 0.2) is 46.5 Å². The summed E-state index contributed by atoms with van der Waals surface area (Å²) in [7, 11) is 3.27. The maximum absolute atomic E-state index is 13.4. The molecule has 0 fully saturated rings. The third kappa shape index (κ3) is 5.54. The summed E-state index contributed by atoms with van der Waals surface area (Å²) in [5.74, 6) is -0.433. The zero-order chi connectivity index (χ0) is 22.3. The van der Waals surface area contributed by atoms with Crippen molar-refractivity contribution >= 4 is 50.9 Å². The summed E-state index contributed by atoms with van der Waals surface area (Å²) in [4.78, 5) is 24.0. The lowest BCUT2D eigenvalue weighted by atomic mass is 10.1. The predicted molar refractivity (Wildman–Crippen MR) is 118 cm³/mol. The SMILES string of the molecule is C/C=N\N(C)/C(=C/Br)c1cc(NC(=O)Nc2ccc(F)c([N+](=O)[O-])c2)ccc1OC. The molecule has 0 aromatic heterocycles. The van der Waals surface area contributed by atoms with Crippen LogP contribution in [0.3, 0.4) is 0 Å². The number of rotatable bonds is 7. The lowest BCUT2D eigenvalue weighted by Crippen LogP contribution is -2.20. The van der Waals surface area contributed by atoms with E-state index in [9.17, 15) is 19.3 Å². The first-order valence-electron chi connectivity index (χ1n) is 8.53. The number of benzene rings is 2. The van der Waals surface area contributed by atoms with Crippen molar-refractivity contribution < 1.29 is 18.8 Å². The van der Waals surface area contributed by atoms with E-state index < -0.39 is 22.5 Å². The molecular weight excluding hydrogens is 461 g/mol. The summed E-state index contributed by atoms with van der Waals surface area (Å²) < 4.78 is 18.8. The summed E-state index contributed by atoms with van der Waals surface area (Å²) >= 11 is 3.31. The quantitative estimate of drug-likeness (QED) is 0.329. The van der Waals surface area contributed by atoms with E-state index in [1.165, 1.54) is 13.2 Å². The summed E-state index contributed by atoms with van der Waals surface area (Å²) in [5, 5.41) is 21.7. The van der Waals surface area contributed by atoms with E-state index in [4.69, 9.17) is 4.74 Å². The maximum atomic E-state index is 13.4. The van der Waals surface area contributed by atoms with Crippen molar-refractivity contribution in [1.82, 2.24) is 5.01 Å². The number of hydrogen-bond donors (Lipinski definition) is 2. The summed E-state index contributed by atoms with van der Waals surface area (Å²) in [6.45, 7) is 1.78. The van der Waals surface area contributed by atoms with Crippen LogP contribution in [0.2, 0.25) is 0 Å². The Hall–Kier alpha value is -3.47. The highest BCUT2D eigenvalue weighted by Gasteiger charge is 2.17. The second-order valence-corrected chi connectivity index (χ2v) is 6.27. The van der Waals surface area contributed by atoms with Crippen molar-refractivity contribution in [3.05, 3.63) is 62.9 Å². The van der Waals surface area contributed by atoms with E-state index >= 15 is 0 Å². The van der Waals surface area contributed by atoms with E-state index in [-0.39, 0.29) is 5.69 Å². The minimum Gasteiger partial charge on any atom is -0.496 e. The van der Waals surface area contributed by atoms with Gasteiger partial charge in [0.2, 0.25) is 5.82 Å². The van der Waals surface area contributed by atoms with Gasteiger partial charge in [0.05, 0.1) is 17.7 Å². The van der Waals surface area contributed by atoms with Gasteiger partial charge < -0.3 is 15.4 Å². The monoisotopic (exact) mass is 479 g/mol. The van der Waals surface area contributed by atoms with E-state index in [0.717, 1.165) is 12.1 Å². The van der Waals surface area contributed by atoms with Crippen LogP contribution in [0.25, 0.3) is 5.70 Å². The molecule has 0 spiro atoms. The highest BCUT2D eigenvalue weighted by molar-refractivity contribution is 9.11. The van der Waals surface area contributed by atoms with Crippen LogP contribution in [0.5, 0.6) is 5.75 Å². The van der Waals surface area contributed by atoms with Gasteiger partial charge in [0, 0.05) is 41.3 Å². The number of ether oxygens (including phenoxy) is 1. The molecule has 2 amide bonds. The topological polar surface area (TPSA) is 109 Å². The number of urea groups is 1. The molecule has 2 aromatic rings. The van der Waals surface area contributed by atoms with Gasteiger partial charge in [-0.1, -0.05) is 15.9 Å². The van der Waals surface area contributed by atoms with Gasteiger partial charge in [0.15, 0.2) is 0 Å². The Morgan fingerprint density at radius 2 is 1.90 bits per heavy atom. The fraction of sp³-hybridized carbons (Fsp3) is 0.158. The van der Waals surface area contributed by atoms with Crippen LogP contribution in [-0.2, 0) is 0 Å². The molecule has 2 N–H and O–H groups in total. The third-order valence-electron chi connectivity index (χ3n) is 3.87. The second kappa shape index (κ2) is 10.3. The maximum Gasteiger partial charge on any atom is 0.323 e. The number of amides is 2. The Labute approximate surface area is 180 Å². The molecule has 0 heterocycles. The molecule has 0 atom stereocenters. The highest BCUT2D eigenvalue weighted by Crippen LogP contribution is 2.32. The first-order valence-corrected chi connectivity index (χ1v) is 9.45. The van der Waals surface area contributed by atoms with Gasteiger partial charge in [-0.25, -0.2) is 4.79 Å². The molecule has 0 unspecified atom stereocenters. The number of hydrogen-bond acceptors (Lipinski definition) is 6. The fourth-order valence-corrected chi connectivity index (χ4v) is 3.09. The smallest absolute Gasteiger partial charge is 0.323 e. The van der Waals surface area contributed by atoms with Gasteiger partial charge in [-0.15, -0.1) is 0 Å². The molecule has 0 aliphatic rings. The van der Waals surface area contributed by atoms with Gasteiger partial charge in [-0.05, 0) is 37.3 Å². The summed E-state index contributed by atoms with van der Waals surface area (Å²) in [6.07, 6.45) is 1.63. The molecular formula is C19H19BrFN5O4. The lowest BCUT2D eigenvalue weighted by Gasteiger charge is -2.20. The Morgan fingerprint density at radius 1 is 1.27 bits per heavy atom. The molecule has 158 valence electrons. The van der Waals surface area contributed by atoms with Gasteiger partial charge in [-0.3, -0.25) is 15.1 Å². The molecule has 9 nitrogen and oxygen atoms in total. The zero-order valence-corrected chi connectivity index (χ0v) is 17.9. The number of nitro benzene ring substituents is 1. The number of nitro groups is 1. The molecule has 0 saturated heterocycles. The van der Waals surface area contributed by atoms with Gasteiger partial charge in [0.1, 0.15) is 5.75 Å². The van der Waals surface area contributed by atoms with Crippen molar-refractivity contribution in [2.75, 3.05) is 24.8 Å². The number of nitrogens with one attached hydrogen (secondary N) is 2. The first-order chi connectivity index (χ1) is 14.3. The summed E-state index contributed by atoms with van der Waals surface area (Å²) in [5.41, 5.74) is 1.10. The molecule has 0 aliphatic heterocycles. The Morgan fingerprint density at radius 3 is 2.47 bits per heavy atom. The number of carbonyl (C=O) groups is 1. The van der Waals surface area contributed by atoms with Crippen LogP contribution in [0.1, 0.15) is 12.5 Å². The van der Waals surface area contributed by atoms with Crippen LogP contribution in [0, 0.1) is 15.9 Å². The average Bonchev–Trinajstić information content (AvgIpc) is 2.70. The number of hydrazone groups is 1. The fourth-order valence-electron chi connectivity index (χ4n) is 2.55. The molecule has 2 aromatic carbocycles. The molecule has 0 saturated carbocycles. The van der Waals surface area contributed by atoms with Crippen LogP contribution in [0.4, 0.5) is 26.2 Å². The molecule has 0 radical (unpaired) electrons. The highest BCUT2D eigenvalue weighted by atomic mass is 79.9. The van der Waals surface area contributed by atoms with Gasteiger partial charge in [-0.2, -0.15) is 9.49 Å². The molecule has 2 rings (SSSR count). The number of anilines is 2. The van der Waals surface area contributed by atoms with E-state index in [2.05, 4.69) is 31.7 Å². The predicted octanol–water partition coefficient (Wildman–Crippen LogP) is 5.02. The second-order valence-electron chi connectivity index (χ2n) is 5.81. The van der Waals surface area contributed by atoms with Crippen LogP contribution < -0.4 is 15.4 Å². The van der Waals surface area contributed by atoms with Crippen molar-refractivity contribution in [2.24, 2.45) is 5.10 Å². The molecule has 30 heavy (non-hydrogen) atoms. The lowest BCUT2D eigenvalue weighted by molar-refractivity contribution is -0.387. The summed E-state index contributed by atoms with van der Waals surface area (Å²) in [6, 6.07) is 7.41. The first kappa shape index (κ1) is 22.8. The standard InChI is InChI=1S/C19H19BrFN5O4/c1-4-22-25(2)17(11-20)14-9-12(6-8-18(14)30-3)23-19(27)24-13-5-7-15(21)16(10-13)26(28)29/h4-11H,1-3H3,(H2,23,24,27)/b17-11+,22-4-. The van der Waals surface area contributed by atoms with Gasteiger partial charge >= 0.3 is 11.7 Å². The number of carbonyl (C=O) groups excluding carboxylic acids is 1. The normalized spacial score (nSPS) is 11.3. The van der Waals surface area contributed by atoms with E-state index in [1.54, 1.807) is 48.4 Å². The molecule has 11 heteroatoms. The minimum atomic E-state index is -0.987. The van der Waals surface area contributed by atoms with Crippen molar-refractivity contribution in [2.45, 2.75) is 6.92 Å². The van der Waals surface area contributed by atoms with E-state index in [1.807, 2.05) is 0 Å². The van der Waals surface area contributed by atoms with Crippen LogP contribution >= 0.6 is 15.9 Å². The van der Waals surface area contributed by atoms with Crippen LogP contribution in [-0.4, -0.2) is 36.3 Å². The number of nitrogens with zero attached hydrogens (tertiary/aromatic N) is 3. The van der Waals surface area contributed by atoms with E-state index in [0.29, 0.717) is 22.7 Å². The minimum absolute atomic E-state index is 0.0763.